The summed E-state index contributed by atoms with van der Waals surface area (Å²) < 4.78 is 7.60. The van der Waals surface area contributed by atoms with Gasteiger partial charge in [-0.15, -0.1) is 12.4 Å². The first kappa shape index (κ1) is 22.8. The van der Waals surface area contributed by atoms with Crippen LogP contribution >= 0.6 is 12.4 Å². The summed E-state index contributed by atoms with van der Waals surface area (Å²) in [6.45, 7) is 6.42. The topological polar surface area (TPSA) is 68.2 Å². The van der Waals surface area contributed by atoms with Crippen LogP contribution in [0, 0.1) is 6.92 Å². The summed E-state index contributed by atoms with van der Waals surface area (Å²) in [5.41, 5.74) is 4.42. The van der Waals surface area contributed by atoms with Crippen molar-refractivity contribution >= 4 is 24.0 Å². The molecule has 2 heterocycles. The molecule has 1 saturated heterocycles. The second kappa shape index (κ2) is 10.5. The monoisotopic (exact) mass is 440 g/mol. The zero-order valence-corrected chi connectivity index (χ0v) is 18.7. The molecular weight excluding hydrogens is 412 g/mol. The molecule has 0 aliphatic carbocycles. The number of para-hydroxylation sites is 2. The number of nitrogens with zero attached hydrogens (tertiary/aromatic N) is 2. The normalized spacial score (nSPS) is 14.0. The zero-order chi connectivity index (χ0) is 20.9. The van der Waals surface area contributed by atoms with Crippen LogP contribution in [0.15, 0.2) is 54.7 Å². The van der Waals surface area contributed by atoms with Crippen LogP contribution in [0.3, 0.4) is 0 Å². The van der Waals surface area contributed by atoms with Gasteiger partial charge in [-0.05, 0) is 69.6 Å². The van der Waals surface area contributed by atoms with Gasteiger partial charge in [-0.3, -0.25) is 4.79 Å². The van der Waals surface area contributed by atoms with Crippen LogP contribution in [0.4, 0.5) is 5.69 Å². The molecule has 0 bridgehead atoms. The number of aromatic nitrogens is 2. The van der Waals surface area contributed by atoms with Gasteiger partial charge in [0.25, 0.3) is 5.91 Å². The molecule has 3 aromatic rings. The number of halogens is 1. The Labute approximate surface area is 189 Å². The lowest BCUT2D eigenvalue weighted by Gasteiger charge is -2.25. The third-order valence-corrected chi connectivity index (χ3v) is 5.46. The number of anilines is 1. The largest absolute Gasteiger partial charge is 0.492 e. The van der Waals surface area contributed by atoms with E-state index in [1.54, 1.807) is 6.20 Å². The van der Waals surface area contributed by atoms with Crippen molar-refractivity contribution in [1.29, 1.82) is 0 Å². The maximum absolute atomic E-state index is 13.3. The molecule has 6 nitrogen and oxygen atoms in total. The van der Waals surface area contributed by atoms with Crippen LogP contribution in [0.25, 0.3) is 5.69 Å². The van der Waals surface area contributed by atoms with E-state index in [1.165, 1.54) is 0 Å². The van der Waals surface area contributed by atoms with Gasteiger partial charge >= 0.3 is 0 Å². The number of piperidine rings is 1. The Bertz CT molecular complexity index is 1030. The maximum Gasteiger partial charge on any atom is 0.259 e. The van der Waals surface area contributed by atoms with Gasteiger partial charge in [0.15, 0.2) is 0 Å². The maximum atomic E-state index is 13.3. The van der Waals surface area contributed by atoms with E-state index in [9.17, 15) is 4.79 Å². The minimum Gasteiger partial charge on any atom is -0.492 e. The number of amides is 1. The van der Waals surface area contributed by atoms with Crippen molar-refractivity contribution in [3.63, 3.8) is 0 Å². The number of benzene rings is 2. The molecule has 0 unspecified atom stereocenters. The van der Waals surface area contributed by atoms with E-state index in [0.29, 0.717) is 23.6 Å². The number of ether oxygens (including phenoxy) is 1. The molecule has 4 rings (SSSR count). The van der Waals surface area contributed by atoms with E-state index in [-0.39, 0.29) is 24.2 Å². The van der Waals surface area contributed by atoms with Gasteiger partial charge < -0.3 is 15.4 Å². The molecule has 0 atom stereocenters. The van der Waals surface area contributed by atoms with E-state index >= 15 is 0 Å². The number of rotatable bonds is 6. The van der Waals surface area contributed by atoms with Gasteiger partial charge in [-0.2, -0.15) is 5.10 Å². The van der Waals surface area contributed by atoms with Crippen molar-refractivity contribution in [3.05, 3.63) is 71.5 Å². The predicted octanol–water partition coefficient (Wildman–Crippen LogP) is 4.72. The predicted molar refractivity (Wildman–Crippen MR) is 126 cm³/mol. The first-order chi connectivity index (χ1) is 14.7. The number of hydrogen-bond donors (Lipinski definition) is 2. The molecule has 1 aromatic heterocycles. The van der Waals surface area contributed by atoms with Gasteiger partial charge in [0.2, 0.25) is 0 Å². The second-order valence-electron chi connectivity index (χ2n) is 7.60. The minimum absolute atomic E-state index is 0. The summed E-state index contributed by atoms with van der Waals surface area (Å²) in [5.74, 6) is 0.787. The second-order valence-corrected chi connectivity index (χ2v) is 7.60. The average molecular weight is 441 g/mol. The molecule has 1 aliphatic rings. The van der Waals surface area contributed by atoms with Crippen LogP contribution in [0.2, 0.25) is 0 Å². The Hall–Kier alpha value is -2.83. The fraction of sp³-hybridized carbons (Fsp3) is 0.333. The Kier molecular flexibility index (Phi) is 7.71. The standard InChI is InChI=1S/C24H28N4O2.ClH/c1-3-30-22-10-5-4-9-21(22)27-24(29)20-16-26-28(19-8-6-7-17(2)15-19)23(20)18-11-13-25-14-12-18;/h4-10,15-16,18,25H,3,11-14H2,1-2H3,(H,27,29);1H. The number of nitrogens with one attached hydrogen (secondary N) is 2. The van der Waals surface area contributed by atoms with Crippen LogP contribution in [0.1, 0.15) is 47.3 Å². The lowest BCUT2D eigenvalue weighted by atomic mass is 9.91. The Morgan fingerprint density at radius 3 is 2.71 bits per heavy atom. The summed E-state index contributed by atoms with van der Waals surface area (Å²) in [6, 6.07) is 15.7. The van der Waals surface area contributed by atoms with Crippen molar-refractivity contribution in [1.82, 2.24) is 15.1 Å². The fourth-order valence-electron chi connectivity index (χ4n) is 4.03. The molecule has 31 heavy (non-hydrogen) atoms. The average Bonchev–Trinajstić information content (AvgIpc) is 3.21. The first-order valence-electron chi connectivity index (χ1n) is 10.6. The van der Waals surface area contributed by atoms with Crippen molar-refractivity contribution in [2.75, 3.05) is 25.0 Å². The summed E-state index contributed by atoms with van der Waals surface area (Å²) in [4.78, 5) is 13.3. The third-order valence-electron chi connectivity index (χ3n) is 5.46. The lowest BCUT2D eigenvalue weighted by Crippen LogP contribution is -2.29. The van der Waals surface area contributed by atoms with E-state index in [0.717, 1.165) is 42.9 Å². The molecule has 0 radical (unpaired) electrons. The van der Waals surface area contributed by atoms with Crippen molar-refractivity contribution in [2.24, 2.45) is 0 Å². The number of carbonyl (C=O) groups is 1. The number of hydrogen-bond acceptors (Lipinski definition) is 4. The molecule has 1 fully saturated rings. The van der Waals surface area contributed by atoms with Crippen LogP contribution in [-0.4, -0.2) is 35.4 Å². The molecule has 164 valence electrons. The third kappa shape index (κ3) is 5.09. The molecule has 2 N–H and O–H groups in total. The highest BCUT2D eigenvalue weighted by Gasteiger charge is 2.27. The van der Waals surface area contributed by atoms with E-state index in [1.807, 2.05) is 48.0 Å². The van der Waals surface area contributed by atoms with Crippen LogP contribution < -0.4 is 15.4 Å². The highest BCUT2D eigenvalue weighted by Crippen LogP contribution is 2.32. The fourth-order valence-corrected chi connectivity index (χ4v) is 4.03. The zero-order valence-electron chi connectivity index (χ0n) is 17.9. The van der Waals surface area contributed by atoms with E-state index in [4.69, 9.17) is 4.74 Å². The van der Waals surface area contributed by atoms with Gasteiger partial charge in [-0.1, -0.05) is 24.3 Å². The van der Waals surface area contributed by atoms with Gasteiger partial charge in [-0.25, -0.2) is 4.68 Å². The summed E-state index contributed by atoms with van der Waals surface area (Å²) in [5, 5.41) is 11.1. The van der Waals surface area contributed by atoms with Crippen LogP contribution in [-0.2, 0) is 0 Å². The molecule has 1 amide bonds. The van der Waals surface area contributed by atoms with Crippen LogP contribution in [0.5, 0.6) is 5.75 Å². The van der Waals surface area contributed by atoms with E-state index in [2.05, 4.69) is 34.8 Å². The Balaban J connectivity index is 0.00000272. The van der Waals surface area contributed by atoms with E-state index < -0.39 is 0 Å². The summed E-state index contributed by atoms with van der Waals surface area (Å²) in [7, 11) is 0. The van der Waals surface area contributed by atoms with Gasteiger partial charge in [0.1, 0.15) is 5.75 Å². The van der Waals surface area contributed by atoms with Crippen molar-refractivity contribution in [3.8, 4) is 11.4 Å². The van der Waals surface area contributed by atoms with Gasteiger partial charge in [0, 0.05) is 5.92 Å². The molecule has 1 aliphatic heterocycles. The number of carbonyl (C=O) groups excluding carboxylic acids is 1. The number of aryl methyl sites for hydroxylation is 1. The summed E-state index contributed by atoms with van der Waals surface area (Å²) >= 11 is 0. The first-order valence-corrected chi connectivity index (χ1v) is 10.6. The molecule has 2 aromatic carbocycles. The summed E-state index contributed by atoms with van der Waals surface area (Å²) in [6.07, 6.45) is 3.65. The highest BCUT2D eigenvalue weighted by atomic mass is 35.5. The smallest absolute Gasteiger partial charge is 0.259 e. The molecule has 0 spiro atoms. The molecule has 0 saturated carbocycles. The van der Waals surface area contributed by atoms with Crippen molar-refractivity contribution in [2.45, 2.75) is 32.6 Å². The SMILES string of the molecule is CCOc1ccccc1NC(=O)c1cnn(-c2cccc(C)c2)c1C1CCNCC1.Cl. The Morgan fingerprint density at radius 1 is 1.19 bits per heavy atom. The highest BCUT2D eigenvalue weighted by molar-refractivity contribution is 6.05. The quantitative estimate of drug-likeness (QED) is 0.582. The Morgan fingerprint density at radius 2 is 1.97 bits per heavy atom. The lowest BCUT2D eigenvalue weighted by molar-refractivity contribution is 0.102. The molecular formula is C24H29ClN4O2. The van der Waals surface area contributed by atoms with Gasteiger partial charge in [0.05, 0.1) is 35.4 Å². The minimum atomic E-state index is -0.158. The van der Waals surface area contributed by atoms with Crippen molar-refractivity contribution < 1.29 is 9.53 Å². The molecule has 7 heteroatoms.